The molecule has 0 fully saturated rings. The van der Waals surface area contributed by atoms with E-state index in [4.69, 9.17) is 14.6 Å². The zero-order chi connectivity index (χ0) is 14.3. The van der Waals surface area contributed by atoms with Crippen LogP contribution in [0.15, 0.2) is 0 Å². The van der Waals surface area contributed by atoms with Crippen molar-refractivity contribution in [3.05, 3.63) is 11.3 Å². The lowest BCUT2D eigenvalue weighted by molar-refractivity contribution is -0.139. The van der Waals surface area contributed by atoms with Crippen LogP contribution in [-0.4, -0.2) is 47.9 Å². The van der Waals surface area contributed by atoms with E-state index in [2.05, 4.69) is 15.3 Å². The lowest BCUT2D eigenvalue weighted by Gasteiger charge is -2.12. The molecule has 0 aliphatic carbocycles. The van der Waals surface area contributed by atoms with Crippen molar-refractivity contribution in [3.63, 3.8) is 0 Å². The molecule has 0 saturated heterocycles. The van der Waals surface area contributed by atoms with Crippen LogP contribution in [0.25, 0.3) is 0 Å². The molecule has 7 heteroatoms. The van der Waals surface area contributed by atoms with Crippen molar-refractivity contribution in [2.45, 2.75) is 20.3 Å². The number of nitrogens with one attached hydrogen (secondary N) is 1. The molecule has 1 rings (SSSR count). The third-order valence-electron chi connectivity index (χ3n) is 2.45. The van der Waals surface area contributed by atoms with E-state index in [0.717, 1.165) is 11.3 Å². The summed E-state index contributed by atoms with van der Waals surface area (Å²) in [6, 6.07) is 0. The van der Waals surface area contributed by atoms with E-state index >= 15 is 0 Å². The lowest BCUT2D eigenvalue weighted by atomic mass is 10.2. The number of aromatic nitrogens is 2. The van der Waals surface area contributed by atoms with Crippen LogP contribution in [0, 0.1) is 6.92 Å². The van der Waals surface area contributed by atoms with Crippen LogP contribution >= 0.6 is 0 Å². The van der Waals surface area contributed by atoms with Gasteiger partial charge < -0.3 is 19.9 Å². The normalized spacial score (nSPS) is 10.3. The summed E-state index contributed by atoms with van der Waals surface area (Å²) >= 11 is 0. The molecule has 0 unspecified atom stereocenters. The fourth-order valence-corrected chi connectivity index (χ4v) is 1.57. The Hall–Kier alpha value is -1.89. The van der Waals surface area contributed by atoms with E-state index in [1.165, 1.54) is 0 Å². The van der Waals surface area contributed by atoms with Crippen molar-refractivity contribution >= 4 is 11.9 Å². The molecule has 7 nitrogen and oxygen atoms in total. The van der Waals surface area contributed by atoms with Gasteiger partial charge in [-0.3, -0.25) is 0 Å². The molecular formula is C12H19N3O4. The topological polar surface area (TPSA) is 93.6 Å². The molecule has 0 amide bonds. The van der Waals surface area contributed by atoms with Crippen LogP contribution in [0.1, 0.15) is 18.2 Å². The number of hydrogen-bond donors (Lipinski definition) is 2. The number of aryl methyl sites for hydroxylation is 1. The van der Waals surface area contributed by atoms with Gasteiger partial charge in [-0.1, -0.05) is 6.92 Å². The van der Waals surface area contributed by atoms with Crippen LogP contribution in [0.2, 0.25) is 0 Å². The van der Waals surface area contributed by atoms with Crippen molar-refractivity contribution in [1.82, 2.24) is 9.97 Å². The van der Waals surface area contributed by atoms with Gasteiger partial charge in [0.2, 0.25) is 11.8 Å². The predicted octanol–water partition coefficient (Wildman–Crippen LogP) is 0.869. The van der Waals surface area contributed by atoms with Crippen LogP contribution in [0.3, 0.4) is 0 Å². The molecule has 106 valence electrons. The molecule has 0 aliphatic rings. The fraction of sp³-hybridized carbons (Fsp3) is 0.583. The first-order valence-electron chi connectivity index (χ1n) is 6.03. The summed E-state index contributed by atoms with van der Waals surface area (Å²) in [5.74, 6) is -0.309. The smallest absolute Gasteiger partial charge is 0.341 e. The molecule has 0 atom stereocenters. The molecule has 1 aromatic heterocycles. The zero-order valence-corrected chi connectivity index (χ0v) is 11.4. The van der Waals surface area contributed by atoms with Gasteiger partial charge in [0.05, 0.1) is 6.61 Å². The maximum atomic E-state index is 10.6. The van der Waals surface area contributed by atoms with Crippen LogP contribution in [0.5, 0.6) is 5.88 Å². The van der Waals surface area contributed by atoms with E-state index in [0.29, 0.717) is 31.4 Å². The predicted molar refractivity (Wildman–Crippen MR) is 69.6 cm³/mol. The number of carboxylic acids is 1. The number of methoxy groups -OCH3 is 1. The van der Waals surface area contributed by atoms with Crippen molar-refractivity contribution in [2.24, 2.45) is 0 Å². The summed E-state index contributed by atoms with van der Waals surface area (Å²) in [6.45, 7) is 4.47. The molecule has 0 saturated carbocycles. The highest BCUT2D eigenvalue weighted by atomic mass is 16.5. The average Bonchev–Trinajstić information content (AvgIpc) is 2.36. The number of ether oxygens (including phenoxy) is 2. The fourth-order valence-electron chi connectivity index (χ4n) is 1.57. The summed E-state index contributed by atoms with van der Waals surface area (Å²) in [5, 5.41) is 11.6. The molecule has 0 aromatic carbocycles. The van der Waals surface area contributed by atoms with Crippen LogP contribution in [0.4, 0.5) is 5.95 Å². The molecule has 0 aliphatic heterocycles. The van der Waals surface area contributed by atoms with Crippen molar-refractivity contribution < 1.29 is 19.4 Å². The number of anilines is 1. The second kappa shape index (κ2) is 7.52. The van der Waals surface area contributed by atoms with Crippen molar-refractivity contribution in [1.29, 1.82) is 0 Å². The second-order valence-electron chi connectivity index (χ2n) is 3.87. The zero-order valence-electron chi connectivity index (χ0n) is 11.4. The van der Waals surface area contributed by atoms with E-state index in [1.54, 1.807) is 7.11 Å². The van der Waals surface area contributed by atoms with E-state index in [-0.39, 0.29) is 0 Å². The maximum absolute atomic E-state index is 10.6. The summed E-state index contributed by atoms with van der Waals surface area (Å²) in [7, 11) is 1.61. The monoisotopic (exact) mass is 269 g/mol. The Labute approximate surface area is 112 Å². The molecule has 1 heterocycles. The standard InChI is InChI=1S/C12H19N3O4/c1-4-9-8(2)14-12(13-5-6-18-3)15-11(9)19-7-10(16)17/h4-7H2,1-3H3,(H,16,17)(H,13,14,15). The number of hydrogen-bond acceptors (Lipinski definition) is 6. The Kier molecular flexibility index (Phi) is 6.01. The minimum Gasteiger partial charge on any atom is -0.479 e. The minimum absolute atomic E-state index is 0.317. The highest BCUT2D eigenvalue weighted by Crippen LogP contribution is 2.21. The Morgan fingerprint density at radius 2 is 2.16 bits per heavy atom. The van der Waals surface area contributed by atoms with Gasteiger partial charge in [-0.15, -0.1) is 0 Å². The number of nitrogens with zero attached hydrogens (tertiary/aromatic N) is 2. The van der Waals surface area contributed by atoms with Gasteiger partial charge in [0.1, 0.15) is 0 Å². The number of carbonyl (C=O) groups is 1. The average molecular weight is 269 g/mol. The summed E-state index contributed by atoms with van der Waals surface area (Å²) in [5.41, 5.74) is 1.59. The molecule has 0 spiro atoms. The lowest BCUT2D eigenvalue weighted by Crippen LogP contribution is -2.15. The Balaban J connectivity index is 2.87. The number of carboxylic acid groups (broad SMARTS) is 1. The van der Waals surface area contributed by atoms with Crippen LogP contribution in [-0.2, 0) is 16.0 Å². The quantitative estimate of drug-likeness (QED) is 0.676. The van der Waals surface area contributed by atoms with E-state index in [9.17, 15) is 4.79 Å². The van der Waals surface area contributed by atoms with Crippen molar-refractivity contribution in [2.75, 3.05) is 32.2 Å². The number of rotatable bonds is 8. The summed E-state index contributed by atoms with van der Waals surface area (Å²) in [6.07, 6.45) is 0.680. The van der Waals surface area contributed by atoms with Gasteiger partial charge in [-0.05, 0) is 13.3 Å². The van der Waals surface area contributed by atoms with Crippen molar-refractivity contribution in [3.8, 4) is 5.88 Å². The summed E-state index contributed by atoms with van der Waals surface area (Å²) < 4.78 is 10.1. The Bertz CT molecular complexity index is 437. The van der Waals surface area contributed by atoms with E-state index in [1.807, 2.05) is 13.8 Å². The molecule has 1 aromatic rings. The minimum atomic E-state index is -1.03. The second-order valence-corrected chi connectivity index (χ2v) is 3.87. The molecular weight excluding hydrogens is 250 g/mol. The molecule has 19 heavy (non-hydrogen) atoms. The Morgan fingerprint density at radius 1 is 1.42 bits per heavy atom. The summed E-state index contributed by atoms with van der Waals surface area (Å²) in [4.78, 5) is 19.0. The molecule has 0 radical (unpaired) electrons. The maximum Gasteiger partial charge on any atom is 0.341 e. The Morgan fingerprint density at radius 3 is 2.74 bits per heavy atom. The van der Waals surface area contributed by atoms with Gasteiger partial charge in [0.15, 0.2) is 6.61 Å². The number of aliphatic carboxylic acids is 1. The highest BCUT2D eigenvalue weighted by Gasteiger charge is 2.12. The molecule has 2 N–H and O–H groups in total. The first-order valence-corrected chi connectivity index (χ1v) is 6.03. The van der Waals surface area contributed by atoms with Gasteiger partial charge in [0, 0.05) is 24.9 Å². The van der Waals surface area contributed by atoms with E-state index < -0.39 is 12.6 Å². The van der Waals surface area contributed by atoms with Gasteiger partial charge in [-0.25, -0.2) is 9.78 Å². The first-order chi connectivity index (χ1) is 9.08. The van der Waals surface area contributed by atoms with Gasteiger partial charge in [-0.2, -0.15) is 4.98 Å². The van der Waals surface area contributed by atoms with Gasteiger partial charge >= 0.3 is 5.97 Å². The first kappa shape index (κ1) is 15.2. The van der Waals surface area contributed by atoms with Crippen LogP contribution < -0.4 is 10.1 Å². The highest BCUT2D eigenvalue weighted by molar-refractivity contribution is 5.68. The molecule has 0 bridgehead atoms. The third-order valence-corrected chi connectivity index (χ3v) is 2.45. The SMILES string of the molecule is CCc1c(C)nc(NCCOC)nc1OCC(=O)O. The largest absolute Gasteiger partial charge is 0.479 e. The third kappa shape index (κ3) is 4.70. The van der Waals surface area contributed by atoms with Gasteiger partial charge in [0.25, 0.3) is 0 Å².